The standard InChI is InChI=1S/C16H15N3O4/c1-9-4-3-5-10(2)12(9)16(22)23-14-11(20)6-7-19-13(14)15(21)17-8-18-19/h3-7,18H,8H2,1-2H3,(H,17,21). The summed E-state index contributed by atoms with van der Waals surface area (Å²) >= 11 is 0. The maximum atomic E-state index is 12.5. The Morgan fingerprint density at radius 3 is 2.57 bits per heavy atom. The van der Waals surface area contributed by atoms with E-state index in [9.17, 15) is 14.4 Å². The van der Waals surface area contributed by atoms with E-state index in [1.54, 1.807) is 26.0 Å². The molecule has 0 aliphatic carbocycles. The fraction of sp³-hybridized carbons (Fsp3) is 0.188. The third-order valence-corrected chi connectivity index (χ3v) is 3.65. The van der Waals surface area contributed by atoms with Gasteiger partial charge in [-0.15, -0.1) is 0 Å². The number of ether oxygens (including phenoxy) is 1. The Bertz CT molecular complexity index is 850. The van der Waals surface area contributed by atoms with Crippen molar-refractivity contribution in [3.8, 4) is 5.75 Å². The molecule has 23 heavy (non-hydrogen) atoms. The molecule has 2 heterocycles. The number of esters is 1. The molecule has 3 rings (SSSR count). The first-order chi connectivity index (χ1) is 11.0. The van der Waals surface area contributed by atoms with E-state index in [1.165, 1.54) is 16.9 Å². The van der Waals surface area contributed by atoms with Crippen molar-refractivity contribution >= 4 is 11.9 Å². The van der Waals surface area contributed by atoms with Gasteiger partial charge in [-0.25, -0.2) is 4.79 Å². The fourth-order valence-corrected chi connectivity index (χ4v) is 2.53. The van der Waals surface area contributed by atoms with E-state index < -0.39 is 17.3 Å². The minimum atomic E-state index is -0.662. The molecule has 0 radical (unpaired) electrons. The number of carbonyl (C=O) groups excluding carboxylic acids is 2. The van der Waals surface area contributed by atoms with Crippen molar-refractivity contribution in [2.45, 2.75) is 13.8 Å². The highest BCUT2D eigenvalue weighted by Crippen LogP contribution is 2.19. The lowest BCUT2D eigenvalue weighted by molar-refractivity contribution is 0.0726. The summed E-state index contributed by atoms with van der Waals surface area (Å²) in [5.74, 6) is -1.43. The van der Waals surface area contributed by atoms with Crippen molar-refractivity contribution in [3.05, 3.63) is 63.1 Å². The second kappa shape index (κ2) is 5.60. The van der Waals surface area contributed by atoms with Crippen LogP contribution in [-0.2, 0) is 0 Å². The molecule has 7 heteroatoms. The average Bonchev–Trinajstić information content (AvgIpc) is 2.50. The number of nitrogens with zero attached hydrogens (tertiary/aromatic N) is 1. The Labute approximate surface area is 131 Å². The van der Waals surface area contributed by atoms with Crippen LogP contribution in [0.2, 0.25) is 0 Å². The predicted octanol–water partition coefficient (Wildman–Crippen LogP) is 0.929. The molecule has 1 aliphatic rings. The van der Waals surface area contributed by atoms with Gasteiger partial charge >= 0.3 is 5.97 Å². The van der Waals surface area contributed by atoms with Crippen LogP contribution in [-0.4, -0.2) is 23.2 Å². The van der Waals surface area contributed by atoms with Gasteiger partial charge in [0.15, 0.2) is 5.69 Å². The topological polar surface area (TPSA) is 89.4 Å². The fourth-order valence-electron chi connectivity index (χ4n) is 2.53. The number of amides is 1. The number of carbonyl (C=O) groups is 2. The van der Waals surface area contributed by atoms with Crippen LogP contribution < -0.4 is 20.9 Å². The number of hydrogen-bond acceptors (Lipinski definition) is 5. The average molecular weight is 313 g/mol. The zero-order valence-corrected chi connectivity index (χ0v) is 12.7. The van der Waals surface area contributed by atoms with Crippen LogP contribution in [0.1, 0.15) is 32.0 Å². The quantitative estimate of drug-likeness (QED) is 0.805. The molecule has 2 aromatic rings. The maximum Gasteiger partial charge on any atom is 0.344 e. The predicted molar refractivity (Wildman–Crippen MR) is 83.3 cm³/mol. The Kier molecular flexibility index (Phi) is 3.61. The molecule has 0 unspecified atom stereocenters. The van der Waals surface area contributed by atoms with Crippen LogP contribution >= 0.6 is 0 Å². The lowest BCUT2D eigenvalue weighted by atomic mass is 10.0. The summed E-state index contributed by atoms with van der Waals surface area (Å²) in [5, 5.41) is 2.54. The van der Waals surface area contributed by atoms with Crippen LogP contribution in [0.4, 0.5) is 0 Å². The monoisotopic (exact) mass is 313 g/mol. The number of hydrogen-bond donors (Lipinski definition) is 2. The summed E-state index contributed by atoms with van der Waals surface area (Å²) in [6.45, 7) is 3.79. The van der Waals surface area contributed by atoms with E-state index in [0.29, 0.717) is 5.56 Å². The highest BCUT2D eigenvalue weighted by atomic mass is 16.5. The molecule has 0 saturated heterocycles. The molecule has 1 aromatic heterocycles. The van der Waals surface area contributed by atoms with E-state index in [-0.39, 0.29) is 18.1 Å². The van der Waals surface area contributed by atoms with Crippen LogP contribution in [0, 0.1) is 13.8 Å². The highest BCUT2D eigenvalue weighted by molar-refractivity contribution is 5.99. The molecule has 0 fully saturated rings. The first-order valence-electron chi connectivity index (χ1n) is 7.05. The van der Waals surface area contributed by atoms with Gasteiger partial charge in [-0.1, -0.05) is 18.2 Å². The molecule has 0 atom stereocenters. The molecule has 1 amide bonds. The minimum absolute atomic E-state index is 0.0247. The second-order valence-electron chi connectivity index (χ2n) is 5.22. The van der Waals surface area contributed by atoms with Crippen molar-refractivity contribution in [1.82, 2.24) is 9.99 Å². The Morgan fingerprint density at radius 1 is 1.17 bits per heavy atom. The van der Waals surface area contributed by atoms with Crippen molar-refractivity contribution < 1.29 is 14.3 Å². The number of benzene rings is 1. The van der Waals surface area contributed by atoms with Gasteiger partial charge < -0.3 is 15.5 Å². The third-order valence-electron chi connectivity index (χ3n) is 3.65. The highest BCUT2D eigenvalue weighted by Gasteiger charge is 2.26. The smallest absolute Gasteiger partial charge is 0.344 e. The third kappa shape index (κ3) is 2.57. The van der Waals surface area contributed by atoms with E-state index >= 15 is 0 Å². The van der Waals surface area contributed by atoms with E-state index in [4.69, 9.17) is 4.74 Å². The molecule has 0 spiro atoms. The van der Waals surface area contributed by atoms with Crippen molar-refractivity contribution in [1.29, 1.82) is 0 Å². The Balaban J connectivity index is 2.06. The SMILES string of the molecule is Cc1cccc(C)c1C(=O)Oc1c2n(ccc1=O)NCNC2=O. The van der Waals surface area contributed by atoms with E-state index in [2.05, 4.69) is 10.7 Å². The maximum absolute atomic E-state index is 12.5. The van der Waals surface area contributed by atoms with Gasteiger partial charge in [0.2, 0.25) is 11.2 Å². The van der Waals surface area contributed by atoms with E-state index in [1.807, 2.05) is 6.07 Å². The summed E-state index contributed by atoms with van der Waals surface area (Å²) in [6.07, 6.45) is 1.42. The van der Waals surface area contributed by atoms with Gasteiger partial charge in [0.25, 0.3) is 5.91 Å². The summed E-state index contributed by atoms with van der Waals surface area (Å²) in [6, 6.07) is 6.64. The molecule has 118 valence electrons. The van der Waals surface area contributed by atoms with Crippen molar-refractivity contribution in [2.75, 3.05) is 12.1 Å². The number of rotatable bonds is 2. The number of aromatic nitrogens is 1. The summed E-state index contributed by atoms with van der Waals surface area (Å²) in [5.41, 5.74) is 4.16. The zero-order valence-electron chi connectivity index (χ0n) is 12.7. The lowest BCUT2D eigenvalue weighted by Gasteiger charge is -2.22. The van der Waals surface area contributed by atoms with Crippen molar-refractivity contribution in [2.24, 2.45) is 0 Å². The number of nitrogens with one attached hydrogen (secondary N) is 2. The minimum Gasteiger partial charge on any atom is -0.416 e. The summed E-state index contributed by atoms with van der Waals surface area (Å²) < 4.78 is 6.66. The van der Waals surface area contributed by atoms with Gasteiger partial charge in [0.05, 0.1) is 5.56 Å². The molecule has 7 nitrogen and oxygen atoms in total. The summed E-state index contributed by atoms with van der Waals surface area (Å²) in [4.78, 5) is 36.6. The van der Waals surface area contributed by atoms with Gasteiger partial charge in [-0.2, -0.15) is 0 Å². The van der Waals surface area contributed by atoms with Crippen LogP contribution in [0.5, 0.6) is 5.75 Å². The number of aryl methyl sites for hydroxylation is 2. The molecule has 0 saturated carbocycles. The first-order valence-corrected chi connectivity index (χ1v) is 7.05. The largest absolute Gasteiger partial charge is 0.416 e. The molecule has 1 aromatic carbocycles. The molecule has 2 N–H and O–H groups in total. The Hall–Kier alpha value is -3.09. The van der Waals surface area contributed by atoms with Gasteiger partial charge in [-0.3, -0.25) is 14.3 Å². The first kappa shape index (κ1) is 14.8. The van der Waals surface area contributed by atoms with Crippen LogP contribution in [0.3, 0.4) is 0 Å². The van der Waals surface area contributed by atoms with Crippen LogP contribution in [0.15, 0.2) is 35.3 Å². The van der Waals surface area contributed by atoms with Gasteiger partial charge in [-0.05, 0) is 25.0 Å². The molecular formula is C16H15N3O4. The molecule has 0 bridgehead atoms. The zero-order chi connectivity index (χ0) is 16.6. The normalized spacial score (nSPS) is 12.9. The van der Waals surface area contributed by atoms with E-state index in [0.717, 1.165) is 11.1 Å². The van der Waals surface area contributed by atoms with Crippen molar-refractivity contribution in [3.63, 3.8) is 0 Å². The van der Waals surface area contributed by atoms with Crippen LogP contribution in [0.25, 0.3) is 0 Å². The lowest BCUT2D eigenvalue weighted by Crippen LogP contribution is -2.43. The second-order valence-corrected chi connectivity index (χ2v) is 5.22. The Morgan fingerprint density at radius 2 is 1.87 bits per heavy atom. The van der Waals surface area contributed by atoms with Gasteiger partial charge in [0.1, 0.15) is 6.67 Å². The number of fused-ring (bicyclic) bond motifs is 1. The molecule has 1 aliphatic heterocycles. The summed E-state index contributed by atoms with van der Waals surface area (Å²) in [7, 11) is 0. The van der Waals surface area contributed by atoms with Gasteiger partial charge in [0, 0.05) is 12.3 Å². The molecular weight excluding hydrogens is 298 g/mol. The number of pyridine rings is 1.